The summed E-state index contributed by atoms with van der Waals surface area (Å²) in [7, 11) is 0. The van der Waals surface area contributed by atoms with Crippen LogP contribution in [0.25, 0.3) is 28.0 Å². The maximum atomic E-state index is 12.6. The van der Waals surface area contributed by atoms with Gasteiger partial charge in [-0.05, 0) is 5.56 Å². The van der Waals surface area contributed by atoms with E-state index in [1.54, 1.807) is 18.6 Å². The van der Waals surface area contributed by atoms with Gasteiger partial charge in [-0.2, -0.15) is 0 Å². The molecule has 140 valence electrons. The molecule has 5 rings (SSSR count). The summed E-state index contributed by atoms with van der Waals surface area (Å²) in [5.41, 5.74) is 3.51. The fourth-order valence-electron chi connectivity index (χ4n) is 3.34. The van der Waals surface area contributed by atoms with Crippen molar-refractivity contribution in [1.29, 1.82) is 0 Å². The normalized spacial score (nSPS) is 14.5. The van der Waals surface area contributed by atoms with Gasteiger partial charge < -0.3 is 9.64 Å². The van der Waals surface area contributed by atoms with Gasteiger partial charge in [-0.25, -0.2) is 19.5 Å². The number of hydrogen-bond donors (Lipinski definition) is 1. The van der Waals surface area contributed by atoms with Gasteiger partial charge in [-0.1, -0.05) is 30.3 Å². The highest BCUT2D eigenvalue weighted by molar-refractivity contribution is 5.78. The number of hydrogen-bond acceptors (Lipinski definition) is 6. The van der Waals surface area contributed by atoms with Crippen LogP contribution in [0.2, 0.25) is 0 Å². The highest BCUT2D eigenvalue weighted by atomic mass is 16.5. The van der Waals surface area contributed by atoms with Gasteiger partial charge in [0.1, 0.15) is 0 Å². The molecule has 0 bridgehead atoms. The van der Waals surface area contributed by atoms with Crippen LogP contribution in [0.5, 0.6) is 0 Å². The summed E-state index contributed by atoms with van der Waals surface area (Å²) in [6.45, 7) is 2.90. The molecule has 1 N–H and O–H groups in total. The zero-order valence-corrected chi connectivity index (χ0v) is 15.1. The maximum Gasteiger partial charge on any atom is 0.273 e. The van der Waals surface area contributed by atoms with Crippen LogP contribution in [0.4, 0.5) is 5.95 Å². The summed E-state index contributed by atoms with van der Waals surface area (Å²) in [5.74, 6) is 0.663. The molecule has 1 aliphatic heterocycles. The molecule has 4 aromatic rings. The highest BCUT2D eigenvalue weighted by Gasteiger charge is 2.15. The van der Waals surface area contributed by atoms with Crippen molar-refractivity contribution in [2.24, 2.45) is 0 Å². The first-order valence-corrected chi connectivity index (χ1v) is 9.11. The van der Waals surface area contributed by atoms with E-state index < -0.39 is 0 Å². The Morgan fingerprint density at radius 1 is 1.00 bits per heavy atom. The molecule has 4 heterocycles. The fraction of sp³-hybridized carbons (Fsp3) is 0.200. The number of rotatable bonds is 3. The number of aromatic amines is 1. The number of anilines is 1. The second kappa shape index (κ2) is 6.90. The molecule has 1 aromatic carbocycles. The first kappa shape index (κ1) is 16.6. The molecule has 0 atom stereocenters. The summed E-state index contributed by atoms with van der Waals surface area (Å²) in [5, 5.41) is 2.98. The van der Waals surface area contributed by atoms with E-state index in [1.165, 1.54) is 10.6 Å². The summed E-state index contributed by atoms with van der Waals surface area (Å²) in [4.78, 5) is 28.3. The number of benzene rings is 1. The smallest absolute Gasteiger partial charge is 0.273 e. The molecule has 0 saturated carbocycles. The molecule has 0 spiro atoms. The van der Waals surface area contributed by atoms with Crippen molar-refractivity contribution in [3.63, 3.8) is 0 Å². The first-order valence-electron chi connectivity index (χ1n) is 9.11. The molecular formula is C20H18N6O2. The minimum Gasteiger partial charge on any atom is -0.378 e. The van der Waals surface area contributed by atoms with Crippen LogP contribution < -0.4 is 10.5 Å². The summed E-state index contributed by atoms with van der Waals surface area (Å²) < 4.78 is 6.80. The lowest BCUT2D eigenvalue weighted by Gasteiger charge is -2.26. The van der Waals surface area contributed by atoms with Crippen LogP contribution >= 0.6 is 0 Å². The van der Waals surface area contributed by atoms with Crippen molar-refractivity contribution in [2.75, 3.05) is 31.2 Å². The van der Waals surface area contributed by atoms with Gasteiger partial charge in [0.15, 0.2) is 5.65 Å². The van der Waals surface area contributed by atoms with Crippen LogP contribution in [0.1, 0.15) is 0 Å². The van der Waals surface area contributed by atoms with Gasteiger partial charge in [-0.15, -0.1) is 0 Å². The van der Waals surface area contributed by atoms with Gasteiger partial charge >= 0.3 is 0 Å². The van der Waals surface area contributed by atoms with Crippen molar-refractivity contribution in [2.45, 2.75) is 0 Å². The minimum absolute atomic E-state index is 0.181. The molecule has 1 aliphatic rings. The molecule has 0 amide bonds. The van der Waals surface area contributed by atoms with E-state index in [1.807, 2.05) is 30.3 Å². The van der Waals surface area contributed by atoms with Crippen LogP contribution in [0, 0.1) is 0 Å². The van der Waals surface area contributed by atoms with Crippen LogP contribution in [-0.2, 0) is 4.74 Å². The second-order valence-electron chi connectivity index (χ2n) is 6.56. The van der Waals surface area contributed by atoms with Crippen LogP contribution in [-0.4, -0.2) is 50.9 Å². The molecule has 1 fully saturated rings. The monoisotopic (exact) mass is 374 g/mol. The molecule has 8 nitrogen and oxygen atoms in total. The predicted molar refractivity (Wildman–Crippen MR) is 105 cm³/mol. The van der Waals surface area contributed by atoms with Gasteiger partial charge in [0.05, 0.1) is 18.9 Å². The Hall–Kier alpha value is -3.52. The fourth-order valence-corrected chi connectivity index (χ4v) is 3.34. The molecular weight excluding hydrogens is 356 g/mol. The third-order valence-corrected chi connectivity index (χ3v) is 4.81. The number of H-pyrrole nitrogens is 1. The Morgan fingerprint density at radius 3 is 2.50 bits per heavy atom. The average molecular weight is 374 g/mol. The average Bonchev–Trinajstić information content (AvgIpc) is 3.20. The minimum atomic E-state index is -0.181. The molecule has 0 unspecified atom stereocenters. The van der Waals surface area contributed by atoms with Crippen LogP contribution in [0.15, 0.2) is 59.8 Å². The predicted octanol–water partition coefficient (Wildman–Crippen LogP) is 1.98. The highest BCUT2D eigenvalue weighted by Crippen LogP contribution is 2.24. The van der Waals surface area contributed by atoms with Gasteiger partial charge in [-0.3, -0.25) is 9.89 Å². The largest absolute Gasteiger partial charge is 0.378 e. The number of fused-ring (bicyclic) bond motifs is 1. The number of ether oxygens (including phenoxy) is 1. The van der Waals surface area contributed by atoms with Crippen molar-refractivity contribution in [1.82, 2.24) is 24.6 Å². The Labute approximate surface area is 160 Å². The van der Waals surface area contributed by atoms with Crippen molar-refractivity contribution in [3.05, 3.63) is 65.3 Å². The molecule has 28 heavy (non-hydrogen) atoms. The standard InChI is InChI=1S/C20H18N6O2/c27-18-10-17(15-11-21-20(22-12-15)25-6-8-28-9-7-25)24-19-16(13-23-26(18)19)14-4-2-1-3-5-14/h1-5,10-13,23H,6-9H2. The lowest BCUT2D eigenvalue weighted by atomic mass is 10.1. The quantitative estimate of drug-likeness (QED) is 0.590. The van der Waals surface area contributed by atoms with Gasteiger partial charge in [0.25, 0.3) is 5.56 Å². The van der Waals surface area contributed by atoms with E-state index in [4.69, 9.17) is 9.72 Å². The van der Waals surface area contributed by atoms with Crippen molar-refractivity contribution >= 4 is 11.6 Å². The van der Waals surface area contributed by atoms with E-state index >= 15 is 0 Å². The first-order chi connectivity index (χ1) is 13.8. The Morgan fingerprint density at radius 2 is 1.75 bits per heavy atom. The van der Waals surface area contributed by atoms with E-state index in [0.29, 0.717) is 36.1 Å². The van der Waals surface area contributed by atoms with Crippen LogP contribution in [0.3, 0.4) is 0 Å². The molecule has 0 aliphatic carbocycles. The van der Waals surface area contributed by atoms with Gasteiger partial charge in [0.2, 0.25) is 5.95 Å². The SMILES string of the molecule is O=c1cc(-c2cnc(N3CCOCC3)nc2)nc2c(-c3ccccc3)c[nH]n12. The Kier molecular flexibility index (Phi) is 4.10. The van der Waals surface area contributed by atoms with E-state index in [9.17, 15) is 4.79 Å². The third kappa shape index (κ3) is 2.93. The number of nitrogens with zero attached hydrogens (tertiary/aromatic N) is 5. The zero-order valence-electron chi connectivity index (χ0n) is 15.1. The zero-order chi connectivity index (χ0) is 18.9. The number of nitrogens with one attached hydrogen (secondary N) is 1. The number of aromatic nitrogens is 5. The van der Waals surface area contributed by atoms with E-state index in [0.717, 1.165) is 24.2 Å². The molecule has 1 saturated heterocycles. The summed E-state index contributed by atoms with van der Waals surface area (Å²) >= 11 is 0. The number of morpholine rings is 1. The second-order valence-corrected chi connectivity index (χ2v) is 6.56. The molecule has 3 aromatic heterocycles. The third-order valence-electron chi connectivity index (χ3n) is 4.81. The van der Waals surface area contributed by atoms with E-state index in [2.05, 4.69) is 20.0 Å². The van der Waals surface area contributed by atoms with E-state index in [-0.39, 0.29) is 5.56 Å². The lowest BCUT2D eigenvalue weighted by Crippen LogP contribution is -2.37. The lowest BCUT2D eigenvalue weighted by molar-refractivity contribution is 0.122. The summed E-state index contributed by atoms with van der Waals surface area (Å²) in [6, 6.07) is 11.3. The molecule has 0 radical (unpaired) electrons. The Bertz CT molecular complexity index is 1160. The van der Waals surface area contributed by atoms with Crippen molar-refractivity contribution in [3.8, 4) is 22.4 Å². The summed E-state index contributed by atoms with van der Waals surface area (Å²) in [6.07, 6.45) is 5.22. The topological polar surface area (TPSA) is 88.4 Å². The van der Waals surface area contributed by atoms with Crippen molar-refractivity contribution < 1.29 is 4.74 Å². The molecule has 8 heteroatoms. The van der Waals surface area contributed by atoms with Gasteiger partial charge in [0, 0.05) is 48.9 Å². The maximum absolute atomic E-state index is 12.6. The Balaban J connectivity index is 1.55.